The van der Waals surface area contributed by atoms with E-state index in [0.717, 1.165) is 22.6 Å². The van der Waals surface area contributed by atoms with E-state index in [-0.39, 0.29) is 16.4 Å². The molecule has 2 aromatic rings. The van der Waals surface area contributed by atoms with E-state index < -0.39 is 16.7 Å². The standard InChI is InChI=1S/C19H18N4O4S/c1-10-7-14(23(26)27)5-6-16(10)22-11(2)8-13(12(22)3)9-15-17(24)20-19(28)21(4)18(15)25/h5-9H,1-4H3,(H,20,24,28)/b15-9+. The van der Waals surface area contributed by atoms with Crippen molar-refractivity contribution in [3.8, 4) is 5.69 Å². The molecule has 144 valence electrons. The first-order chi connectivity index (χ1) is 13.1. The third-order valence-corrected chi connectivity index (χ3v) is 5.08. The summed E-state index contributed by atoms with van der Waals surface area (Å²) in [6, 6.07) is 6.51. The number of nitrogens with zero attached hydrogens (tertiary/aromatic N) is 3. The molecule has 0 aliphatic carbocycles. The summed E-state index contributed by atoms with van der Waals surface area (Å²) in [6.07, 6.45) is 1.54. The number of rotatable bonds is 3. The molecule has 0 unspecified atom stereocenters. The van der Waals surface area contributed by atoms with Gasteiger partial charge in [-0.05, 0) is 62.3 Å². The largest absolute Gasteiger partial charge is 0.318 e. The molecular formula is C19H18N4O4S. The molecule has 0 atom stereocenters. The lowest BCUT2D eigenvalue weighted by Crippen LogP contribution is -2.52. The van der Waals surface area contributed by atoms with Gasteiger partial charge in [0.1, 0.15) is 5.57 Å². The number of amides is 2. The lowest BCUT2D eigenvalue weighted by atomic mass is 10.1. The van der Waals surface area contributed by atoms with E-state index in [0.29, 0.717) is 5.56 Å². The lowest BCUT2D eigenvalue weighted by Gasteiger charge is -2.25. The van der Waals surface area contributed by atoms with Crippen LogP contribution in [0.3, 0.4) is 0 Å². The number of aromatic nitrogens is 1. The second-order valence-electron chi connectivity index (χ2n) is 6.57. The van der Waals surface area contributed by atoms with E-state index in [4.69, 9.17) is 12.2 Å². The molecule has 2 heterocycles. The van der Waals surface area contributed by atoms with E-state index in [9.17, 15) is 19.7 Å². The highest BCUT2D eigenvalue weighted by Gasteiger charge is 2.31. The Morgan fingerprint density at radius 2 is 1.86 bits per heavy atom. The molecule has 1 aliphatic rings. The predicted octanol–water partition coefficient (Wildman–Crippen LogP) is 2.57. The minimum atomic E-state index is -0.538. The first-order valence-electron chi connectivity index (χ1n) is 8.41. The summed E-state index contributed by atoms with van der Waals surface area (Å²) in [6.45, 7) is 5.55. The highest BCUT2D eigenvalue weighted by molar-refractivity contribution is 7.80. The number of likely N-dealkylation sites (N-methyl/N-ethyl adjacent to an activating group) is 1. The number of thiocarbonyl (C=S) groups is 1. The Morgan fingerprint density at radius 1 is 1.18 bits per heavy atom. The highest BCUT2D eigenvalue weighted by atomic mass is 32.1. The van der Waals surface area contributed by atoms with Gasteiger partial charge in [0, 0.05) is 36.3 Å². The van der Waals surface area contributed by atoms with E-state index in [1.165, 1.54) is 30.2 Å². The summed E-state index contributed by atoms with van der Waals surface area (Å²) in [4.78, 5) is 36.4. The van der Waals surface area contributed by atoms with Gasteiger partial charge in [0.15, 0.2) is 5.11 Å². The van der Waals surface area contributed by atoms with Gasteiger partial charge in [-0.2, -0.15) is 0 Å². The topological polar surface area (TPSA) is 97.5 Å². The number of benzene rings is 1. The SMILES string of the molecule is Cc1cc([N+](=O)[O-])ccc1-n1c(C)cc(/C=C2\C(=O)NC(=S)N(C)C2=O)c1C. The van der Waals surface area contributed by atoms with Crippen LogP contribution in [0, 0.1) is 30.9 Å². The fraction of sp³-hybridized carbons (Fsp3) is 0.211. The summed E-state index contributed by atoms with van der Waals surface area (Å²) in [5.41, 5.74) is 3.93. The van der Waals surface area contributed by atoms with Crippen LogP contribution in [0.5, 0.6) is 0 Å². The maximum atomic E-state index is 12.4. The Morgan fingerprint density at radius 3 is 2.46 bits per heavy atom. The second-order valence-corrected chi connectivity index (χ2v) is 6.96. The number of nitro groups is 1. The molecule has 1 aromatic heterocycles. The van der Waals surface area contributed by atoms with E-state index in [2.05, 4.69) is 5.32 Å². The summed E-state index contributed by atoms with van der Waals surface area (Å²) < 4.78 is 1.94. The molecule has 28 heavy (non-hydrogen) atoms. The van der Waals surface area contributed by atoms with Crippen LogP contribution in [-0.4, -0.2) is 38.4 Å². The third kappa shape index (κ3) is 3.20. The zero-order chi connectivity index (χ0) is 20.7. The Kier molecular flexibility index (Phi) is 4.86. The van der Waals surface area contributed by atoms with Crippen molar-refractivity contribution in [1.29, 1.82) is 0 Å². The number of carbonyl (C=O) groups excluding carboxylic acids is 2. The van der Waals surface area contributed by atoms with Crippen LogP contribution in [0.25, 0.3) is 11.8 Å². The molecule has 3 rings (SSSR count). The van der Waals surface area contributed by atoms with Crippen LogP contribution in [0.15, 0.2) is 29.8 Å². The van der Waals surface area contributed by atoms with Crippen LogP contribution in [0.1, 0.15) is 22.5 Å². The van der Waals surface area contributed by atoms with Crippen molar-refractivity contribution < 1.29 is 14.5 Å². The van der Waals surface area contributed by atoms with Crippen LogP contribution in [0.4, 0.5) is 5.69 Å². The van der Waals surface area contributed by atoms with Gasteiger partial charge in [0.25, 0.3) is 17.5 Å². The molecule has 9 heteroatoms. The molecule has 1 N–H and O–H groups in total. The fourth-order valence-corrected chi connectivity index (χ4v) is 3.39. The third-order valence-electron chi connectivity index (χ3n) is 4.71. The van der Waals surface area contributed by atoms with Gasteiger partial charge < -0.3 is 4.57 Å². The lowest BCUT2D eigenvalue weighted by molar-refractivity contribution is -0.384. The van der Waals surface area contributed by atoms with Crippen LogP contribution >= 0.6 is 12.2 Å². The maximum absolute atomic E-state index is 12.4. The van der Waals surface area contributed by atoms with Gasteiger partial charge >= 0.3 is 0 Å². The summed E-state index contributed by atoms with van der Waals surface area (Å²) in [5, 5.41) is 13.5. The molecule has 0 bridgehead atoms. The zero-order valence-corrected chi connectivity index (χ0v) is 16.6. The quantitative estimate of drug-likeness (QED) is 0.282. The number of nitrogens with one attached hydrogen (secondary N) is 1. The average molecular weight is 398 g/mol. The number of nitro benzene ring substituents is 1. The minimum Gasteiger partial charge on any atom is -0.318 e. The van der Waals surface area contributed by atoms with E-state index in [1.807, 2.05) is 24.5 Å². The Hall–Kier alpha value is -3.33. The van der Waals surface area contributed by atoms with Crippen molar-refractivity contribution in [1.82, 2.24) is 14.8 Å². The van der Waals surface area contributed by atoms with Crippen molar-refractivity contribution >= 4 is 40.9 Å². The monoisotopic (exact) mass is 398 g/mol. The number of carbonyl (C=O) groups is 2. The molecule has 0 spiro atoms. The Bertz CT molecular complexity index is 1080. The molecule has 1 aliphatic heterocycles. The maximum Gasteiger partial charge on any atom is 0.269 e. The molecule has 1 saturated heterocycles. The predicted molar refractivity (Wildman–Crippen MR) is 108 cm³/mol. The second kappa shape index (κ2) is 7.01. The van der Waals surface area contributed by atoms with E-state index >= 15 is 0 Å². The van der Waals surface area contributed by atoms with E-state index in [1.54, 1.807) is 13.0 Å². The van der Waals surface area contributed by atoms with Gasteiger partial charge in [0.2, 0.25) is 0 Å². The number of hydrogen-bond acceptors (Lipinski definition) is 5. The van der Waals surface area contributed by atoms with Crippen molar-refractivity contribution in [2.45, 2.75) is 20.8 Å². The zero-order valence-electron chi connectivity index (χ0n) is 15.8. The van der Waals surface area contributed by atoms with Crippen molar-refractivity contribution in [3.63, 3.8) is 0 Å². The minimum absolute atomic E-state index is 0.00299. The van der Waals surface area contributed by atoms with Crippen molar-refractivity contribution in [3.05, 3.63) is 62.5 Å². The average Bonchev–Trinajstić information content (AvgIpc) is 2.90. The van der Waals surface area contributed by atoms with Gasteiger partial charge in [-0.25, -0.2) is 0 Å². The first-order valence-corrected chi connectivity index (χ1v) is 8.82. The normalized spacial score (nSPS) is 15.9. The van der Waals surface area contributed by atoms with Crippen molar-refractivity contribution in [2.24, 2.45) is 0 Å². The summed E-state index contributed by atoms with van der Waals surface area (Å²) in [5.74, 6) is -1.01. The Labute approximate surface area is 166 Å². The molecule has 0 radical (unpaired) electrons. The number of hydrogen-bond donors (Lipinski definition) is 1. The van der Waals surface area contributed by atoms with Gasteiger partial charge in [-0.3, -0.25) is 29.9 Å². The van der Waals surface area contributed by atoms with Crippen LogP contribution in [-0.2, 0) is 9.59 Å². The molecule has 0 saturated carbocycles. The fourth-order valence-electron chi connectivity index (χ4n) is 3.21. The first kappa shape index (κ1) is 19.4. The van der Waals surface area contributed by atoms with Crippen LogP contribution in [0.2, 0.25) is 0 Å². The smallest absolute Gasteiger partial charge is 0.269 e. The number of aryl methyl sites for hydroxylation is 2. The molecular weight excluding hydrogens is 380 g/mol. The highest BCUT2D eigenvalue weighted by Crippen LogP contribution is 2.27. The molecule has 2 amide bonds. The summed E-state index contributed by atoms with van der Waals surface area (Å²) >= 11 is 4.95. The molecule has 1 fully saturated rings. The number of non-ortho nitro benzene ring substituents is 1. The van der Waals surface area contributed by atoms with Gasteiger partial charge in [0.05, 0.1) is 4.92 Å². The molecule has 1 aromatic carbocycles. The van der Waals surface area contributed by atoms with Gasteiger partial charge in [-0.15, -0.1) is 0 Å². The Balaban J connectivity index is 2.08. The molecule has 8 nitrogen and oxygen atoms in total. The van der Waals surface area contributed by atoms with Gasteiger partial charge in [-0.1, -0.05) is 0 Å². The summed E-state index contributed by atoms with van der Waals surface area (Å²) in [7, 11) is 1.50. The van der Waals surface area contributed by atoms with Crippen molar-refractivity contribution in [2.75, 3.05) is 7.05 Å². The van der Waals surface area contributed by atoms with Crippen LogP contribution < -0.4 is 5.32 Å².